The number of para-hydroxylation sites is 1. The summed E-state index contributed by atoms with van der Waals surface area (Å²) in [4.78, 5) is 2.46. The molecule has 55 heavy (non-hydrogen) atoms. The van der Waals surface area contributed by atoms with Crippen molar-refractivity contribution in [3.05, 3.63) is 199 Å². The van der Waals surface area contributed by atoms with Crippen molar-refractivity contribution in [3.63, 3.8) is 0 Å². The Morgan fingerprint density at radius 1 is 0.436 bits per heavy atom. The van der Waals surface area contributed by atoms with Gasteiger partial charge in [-0.3, -0.25) is 0 Å². The molecule has 9 aromatic carbocycles. The lowest BCUT2D eigenvalue weighted by molar-refractivity contribution is 0.660. The Kier molecular flexibility index (Phi) is 6.93. The summed E-state index contributed by atoms with van der Waals surface area (Å²) in [6.45, 7) is 4.71. The lowest BCUT2D eigenvalue weighted by Gasteiger charge is -2.29. The van der Waals surface area contributed by atoms with Gasteiger partial charge in [0.15, 0.2) is 0 Å². The maximum atomic E-state index is 6.78. The van der Waals surface area contributed by atoms with Crippen molar-refractivity contribution >= 4 is 60.5 Å². The average Bonchev–Trinajstić information content (AvgIpc) is 3.74. The smallest absolute Gasteiger partial charge is 0.143 e. The van der Waals surface area contributed by atoms with E-state index in [1.54, 1.807) is 0 Å². The van der Waals surface area contributed by atoms with Gasteiger partial charge in [-0.05, 0) is 91.5 Å². The van der Waals surface area contributed by atoms with Crippen molar-refractivity contribution in [1.82, 2.24) is 0 Å². The standard InChI is InChI=1S/C53H37NO/c1-53(2)45-26-9-7-23-43(45)50-42(25-13-27-46(50)53)41-22-8-10-28-47(41)54(37-19-11-18-36(33-37)39-24-12-17-34-15-3-5-20-38(34)39)48-29-14-30-49-51(48)44-32-31-35-16-4-6-21-40(35)52(44)55-49/h3-33H,1-2H3. The number of rotatable bonds is 5. The van der Waals surface area contributed by atoms with Crippen LogP contribution in [0.5, 0.6) is 0 Å². The van der Waals surface area contributed by atoms with E-state index in [1.807, 2.05) is 0 Å². The van der Waals surface area contributed by atoms with Gasteiger partial charge in [-0.2, -0.15) is 0 Å². The topological polar surface area (TPSA) is 16.4 Å². The SMILES string of the molecule is CC1(C)c2ccccc2-c2c(-c3ccccc3N(c3cccc(-c4cccc5ccccc45)c3)c3cccc4oc5c6ccccc6ccc5c34)cccc21. The molecule has 0 unspecified atom stereocenters. The van der Waals surface area contributed by atoms with E-state index in [4.69, 9.17) is 4.42 Å². The van der Waals surface area contributed by atoms with E-state index in [0.717, 1.165) is 44.4 Å². The molecule has 1 heterocycles. The lowest BCUT2D eigenvalue weighted by atomic mass is 9.82. The zero-order chi connectivity index (χ0) is 36.7. The summed E-state index contributed by atoms with van der Waals surface area (Å²) in [7, 11) is 0. The van der Waals surface area contributed by atoms with E-state index in [9.17, 15) is 0 Å². The molecule has 0 N–H and O–H groups in total. The summed E-state index contributed by atoms with van der Waals surface area (Å²) in [6, 6.07) is 68.4. The molecule has 0 saturated carbocycles. The predicted octanol–water partition coefficient (Wildman–Crippen LogP) is 15.0. The van der Waals surface area contributed by atoms with E-state index in [2.05, 4.69) is 207 Å². The van der Waals surface area contributed by atoms with Gasteiger partial charge in [0.2, 0.25) is 0 Å². The molecule has 0 aliphatic heterocycles. The van der Waals surface area contributed by atoms with Crippen LogP contribution in [0.1, 0.15) is 25.0 Å². The molecule has 1 aliphatic carbocycles. The third-order valence-electron chi connectivity index (χ3n) is 11.9. The van der Waals surface area contributed by atoms with Gasteiger partial charge in [0.05, 0.1) is 16.8 Å². The monoisotopic (exact) mass is 703 g/mol. The fourth-order valence-corrected chi connectivity index (χ4v) is 9.29. The van der Waals surface area contributed by atoms with Crippen LogP contribution in [-0.2, 0) is 5.41 Å². The lowest BCUT2D eigenvalue weighted by Crippen LogP contribution is -2.15. The zero-order valence-electron chi connectivity index (χ0n) is 30.8. The Morgan fingerprint density at radius 2 is 1.05 bits per heavy atom. The highest BCUT2D eigenvalue weighted by molar-refractivity contribution is 6.20. The molecule has 260 valence electrons. The van der Waals surface area contributed by atoms with Crippen LogP contribution in [0, 0.1) is 0 Å². The number of hydrogen-bond donors (Lipinski definition) is 0. The number of anilines is 3. The minimum absolute atomic E-state index is 0.104. The van der Waals surface area contributed by atoms with Gasteiger partial charge in [-0.25, -0.2) is 0 Å². The first-order valence-electron chi connectivity index (χ1n) is 19.1. The minimum Gasteiger partial charge on any atom is -0.455 e. The van der Waals surface area contributed by atoms with E-state index in [1.165, 1.54) is 60.7 Å². The molecule has 0 spiro atoms. The van der Waals surface area contributed by atoms with Crippen LogP contribution in [0.2, 0.25) is 0 Å². The quantitative estimate of drug-likeness (QED) is 0.177. The normalized spacial score (nSPS) is 13.1. The molecule has 2 nitrogen and oxygen atoms in total. The van der Waals surface area contributed by atoms with Crippen LogP contribution in [0.25, 0.3) is 76.9 Å². The number of benzene rings is 9. The van der Waals surface area contributed by atoms with Crippen LogP contribution in [0.15, 0.2) is 192 Å². The predicted molar refractivity (Wildman–Crippen MR) is 232 cm³/mol. The summed E-state index contributed by atoms with van der Waals surface area (Å²) in [6.07, 6.45) is 0. The minimum atomic E-state index is -0.104. The fraction of sp³-hybridized carbons (Fsp3) is 0.0566. The molecular weight excluding hydrogens is 667 g/mol. The van der Waals surface area contributed by atoms with Crippen molar-refractivity contribution in [1.29, 1.82) is 0 Å². The second-order valence-electron chi connectivity index (χ2n) is 15.2. The molecule has 0 bridgehead atoms. The van der Waals surface area contributed by atoms with E-state index < -0.39 is 0 Å². The van der Waals surface area contributed by atoms with E-state index in [0.29, 0.717) is 0 Å². The van der Waals surface area contributed by atoms with Gasteiger partial charge in [-0.15, -0.1) is 0 Å². The van der Waals surface area contributed by atoms with E-state index in [-0.39, 0.29) is 5.41 Å². The van der Waals surface area contributed by atoms with Gasteiger partial charge < -0.3 is 9.32 Å². The third kappa shape index (κ3) is 4.74. The van der Waals surface area contributed by atoms with Crippen LogP contribution >= 0.6 is 0 Å². The van der Waals surface area contributed by atoms with Crippen LogP contribution < -0.4 is 4.90 Å². The molecule has 1 aliphatic rings. The van der Waals surface area contributed by atoms with Crippen LogP contribution in [-0.4, -0.2) is 0 Å². The summed E-state index contributed by atoms with van der Waals surface area (Å²) in [5.74, 6) is 0. The average molecular weight is 704 g/mol. The number of hydrogen-bond acceptors (Lipinski definition) is 2. The maximum Gasteiger partial charge on any atom is 0.143 e. The first-order chi connectivity index (χ1) is 27.1. The highest BCUT2D eigenvalue weighted by atomic mass is 16.3. The summed E-state index contributed by atoms with van der Waals surface area (Å²) in [5, 5.41) is 6.96. The summed E-state index contributed by atoms with van der Waals surface area (Å²) >= 11 is 0. The van der Waals surface area contributed by atoms with Crippen LogP contribution in [0.3, 0.4) is 0 Å². The number of furan rings is 1. The molecule has 1 aromatic heterocycles. The second kappa shape index (κ2) is 12.1. The molecular formula is C53H37NO. The fourth-order valence-electron chi connectivity index (χ4n) is 9.29. The Labute approximate surface area is 320 Å². The Morgan fingerprint density at radius 3 is 1.95 bits per heavy atom. The molecule has 0 atom stereocenters. The summed E-state index contributed by atoms with van der Waals surface area (Å²) < 4.78 is 6.78. The van der Waals surface area contributed by atoms with Crippen molar-refractivity contribution in [2.75, 3.05) is 4.90 Å². The molecule has 0 amide bonds. The summed E-state index contributed by atoms with van der Waals surface area (Å²) in [5.41, 5.74) is 15.1. The highest BCUT2D eigenvalue weighted by Gasteiger charge is 2.37. The molecule has 0 saturated heterocycles. The molecule has 10 aromatic rings. The molecule has 11 rings (SSSR count). The molecule has 2 heteroatoms. The van der Waals surface area contributed by atoms with Crippen molar-refractivity contribution in [2.24, 2.45) is 0 Å². The van der Waals surface area contributed by atoms with Gasteiger partial charge in [0.25, 0.3) is 0 Å². The van der Waals surface area contributed by atoms with Crippen molar-refractivity contribution in [3.8, 4) is 33.4 Å². The van der Waals surface area contributed by atoms with Gasteiger partial charge in [0, 0.05) is 27.4 Å². The highest BCUT2D eigenvalue weighted by Crippen LogP contribution is 2.54. The molecule has 0 fully saturated rings. The Hall–Kier alpha value is -6.90. The van der Waals surface area contributed by atoms with E-state index >= 15 is 0 Å². The van der Waals surface area contributed by atoms with Crippen LogP contribution in [0.4, 0.5) is 17.1 Å². The van der Waals surface area contributed by atoms with Gasteiger partial charge >= 0.3 is 0 Å². The zero-order valence-corrected chi connectivity index (χ0v) is 30.8. The Bertz CT molecular complexity index is 3140. The second-order valence-corrected chi connectivity index (χ2v) is 15.2. The van der Waals surface area contributed by atoms with Crippen molar-refractivity contribution in [2.45, 2.75) is 19.3 Å². The van der Waals surface area contributed by atoms with Crippen molar-refractivity contribution < 1.29 is 4.42 Å². The molecule has 0 radical (unpaired) electrons. The largest absolute Gasteiger partial charge is 0.455 e. The first kappa shape index (κ1) is 31.6. The van der Waals surface area contributed by atoms with Gasteiger partial charge in [-0.1, -0.05) is 166 Å². The first-order valence-corrected chi connectivity index (χ1v) is 19.1. The number of nitrogens with zero attached hydrogens (tertiary/aromatic N) is 1. The number of fused-ring (bicyclic) bond motifs is 9. The maximum absolute atomic E-state index is 6.78. The van der Waals surface area contributed by atoms with Gasteiger partial charge in [0.1, 0.15) is 11.2 Å². The Balaban J connectivity index is 1.21. The third-order valence-corrected chi connectivity index (χ3v) is 11.9.